The van der Waals surface area contributed by atoms with Crippen molar-refractivity contribution in [2.24, 2.45) is 0 Å². The quantitative estimate of drug-likeness (QED) is 0.0935. The molecule has 366 valence electrons. The molecule has 0 N–H and O–H groups in total. The number of hydrogen-bond acceptors (Lipinski definition) is 8. The van der Waals surface area contributed by atoms with Gasteiger partial charge in [-0.1, -0.05) is 105 Å². The third kappa shape index (κ3) is 8.81. The van der Waals surface area contributed by atoms with Crippen molar-refractivity contribution in [3.05, 3.63) is 190 Å². The van der Waals surface area contributed by atoms with Gasteiger partial charge in [0.25, 0.3) is 0 Å². The highest BCUT2D eigenvalue weighted by molar-refractivity contribution is 7.86. The Morgan fingerprint density at radius 2 is 0.736 bits per heavy atom. The van der Waals surface area contributed by atoms with E-state index in [0.29, 0.717) is 10.6 Å². The number of fused-ring (bicyclic) bond motifs is 2. The van der Waals surface area contributed by atoms with Crippen LogP contribution in [0.3, 0.4) is 0 Å². The van der Waals surface area contributed by atoms with E-state index in [1.807, 2.05) is 79.7 Å². The maximum atomic E-state index is 17.4. The van der Waals surface area contributed by atoms with Gasteiger partial charge in [0.2, 0.25) is 11.5 Å². The standard InChI is InChI=1S/C58H48F4O8P2/c1-33-19-34(2)24-43(23-33)71(63,44-25-35(3)20-36(4)26-44)49-32-48(65-41-15-11-9-12-16-41)53-55(69-58(61,62)68-53)51(49)47-31-50(54(66-42-17-13-10-14-18-42)56-52(47)67-57(59,60)70-56)72(64,45-27-37(5)21-38(6)28-45)46-29-39(7)22-40(8)30-46/h9-32H,1-8H3. The van der Waals surface area contributed by atoms with Crippen molar-refractivity contribution in [3.63, 3.8) is 0 Å². The molecule has 10 rings (SSSR count). The van der Waals surface area contributed by atoms with Gasteiger partial charge in [0.05, 0.1) is 5.30 Å². The first-order valence-electron chi connectivity index (χ1n) is 23.1. The Morgan fingerprint density at radius 3 is 1.15 bits per heavy atom. The monoisotopic (exact) mass is 1010 g/mol. The Kier molecular flexibility index (Phi) is 12.0. The lowest BCUT2D eigenvalue weighted by Gasteiger charge is -2.28. The van der Waals surface area contributed by atoms with Crippen molar-refractivity contribution < 1.29 is 55.1 Å². The van der Waals surface area contributed by atoms with E-state index in [2.05, 4.69) is 0 Å². The van der Waals surface area contributed by atoms with Crippen LogP contribution in [-0.4, -0.2) is 12.6 Å². The number of alkyl halides is 4. The zero-order chi connectivity index (χ0) is 51.1. The molecule has 0 saturated heterocycles. The summed E-state index contributed by atoms with van der Waals surface area (Å²) in [5.41, 5.74) is 5.12. The van der Waals surface area contributed by atoms with Crippen molar-refractivity contribution in [3.8, 4) is 57.1 Å². The molecule has 2 aliphatic rings. The zero-order valence-electron chi connectivity index (χ0n) is 40.5. The first kappa shape index (κ1) is 48.4. The molecule has 8 nitrogen and oxygen atoms in total. The van der Waals surface area contributed by atoms with Gasteiger partial charge < -0.3 is 37.6 Å². The largest absolute Gasteiger partial charge is 0.586 e. The van der Waals surface area contributed by atoms with Crippen LogP contribution in [0.5, 0.6) is 46.0 Å². The van der Waals surface area contributed by atoms with Crippen molar-refractivity contribution in [1.82, 2.24) is 0 Å². The first-order chi connectivity index (χ1) is 34.1. The maximum Gasteiger partial charge on any atom is 0.586 e. The molecule has 2 heterocycles. The van der Waals surface area contributed by atoms with Gasteiger partial charge >= 0.3 is 12.6 Å². The second-order valence-electron chi connectivity index (χ2n) is 18.6. The highest BCUT2D eigenvalue weighted by atomic mass is 31.2. The topological polar surface area (TPSA) is 89.5 Å². The Bertz CT molecular complexity index is 3410. The maximum absolute atomic E-state index is 17.4. The van der Waals surface area contributed by atoms with Crippen LogP contribution in [-0.2, 0) is 9.13 Å². The van der Waals surface area contributed by atoms with Crippen LogP contribution >= 0.6 is 14.3 Å². The first-order valence-corrected chi connectivity index (χ1v) is 26.5. The predicted octanol–water partition coefficient (Wildman–Crippen LogP) is 13.3. The molecule has 8 aromatic carbocycles. The number of benzene rings is 8. The summed E-state index contributed by atoms with van der Waals surface area (Å²) in [4.78, 5) is 0. The summed E-state index contributed by atoms with van der Waals surface area (Å²) in [6.07, 6.45) is -8.77. The van der Waals surface area contributed by atoms with E-state index < -0.39 is 61.2 Å². The Labute approximate surface area is 414 Å². The predicted molar refractivity (Wildman–Crippen MR) is 274 cm³/mol. The van der Waals surface area contributed by atoms with Crippen molar-refractivity contribution in [1.29, 1.82) is 0 Å². The second-order valence-corrected chi connectivity index (χ2v) is 24.1. The van der Waals surface area contributed by atoms with Crippen LogP contribution in [0.25, 0.3) is 11.1 Å². The molecule has 8 aromatic rings. The minimum absolute atomic E-state index is 0.161. The summed E-state index contributed by atoms with van der Waals surface area (Å²) >= 11 is 0. The third-order valence-electron chi connectivity index (χ3n) is 12.4. The highest BCUT2D eigenvalue weighted by Gasteiger charge is 2.54. The average Bonchev–Trinajstić information content (AvgIpc) is 3.82. The Balaban J connectivity index is 1.43. The van der Waals surface area contributed by atoms with Crippen LogP contribution in [0.1, 0.15) is 44.5 Å². The molecule has 0 bridgehead atoms. The van der Waals surface area contributed by atoms with Crippen molar-refractivity contribution in [2.75, 3.05) is 0 Å². The summed E-state index contributed by atoms with van der Waals surface area (Å²) in [6, 6.07) is 40.8. The molecule has 14 heteroatoms. The summed E-state index contributed by atoms with van der Waals surface area (Å²) in [5, 5.41) is 0.820. The van der Waals surface area contributed by atoms with E-state index in [9.17, 15) is 0 Å². The van der Waals surface area contributed by atoms with Crippen LogP contribution in [0.4, 0.5) is 17.6 Å². The highest BCUT2D eigenvalue weighted by Crippen LogP contribution is 2.63. The molecule has 0 fully saturated rings. The average molecular weight is 1010 g/mol. The zero-order valence-corrected chi connectivity index (χ0v) is 42.3. The summed E-state index contributed by atoms with van der Waals surface area (Å²) < 4.78 is 134. The fourth-order valence-corrected chi connectivity index (χ4v) is 16.2. The SMILES string of the molecule is Cc1cc(C)cc(P(=O)(c2cc(C)cc(C)c2)c2cc(-c3c(P(=O)(c4cc(C)cc(C)c4)c4cc(C)cc(C)c4)cc(Oc4ccccc4)c4c3OC(F)(F)O4)c3c(c2Oc2ccccc2)OC(F)(F)O3)c1. The Morgan fingerprint density at radius 1 is 0.389 bits per heavy atom. The van der Waals surface area contributed by atoms with Gasteiger partial charge in [-0.2, -0.15) is 0 Å². The van der Waals surface area contributed by atoms with Gasteiger partial charge in [-0.15, -0.1) is 17.6 Å². The van der Waals surface area contributed by atoms with E-state index in [-0.39, 0.29) is 44.0 Å². The summed E-state index contributed by atoms with van der Waals surface area (Å²) in [6.45, 7) is 14.7. The number of hydrogen-bond donors (Lipinski definition) is 0. The van der Waals surface area contributed by atoms with E-state index >= 15 is 26.7 Å². The van der Waals surface area contributed by atoms with E-state index in [1.54, 1.807) is 109 Å². The van der Waals surface area contributed by atoms with Crippen LogP contribution in [0.2, 0.25) is 0 Å². The van der Waals surface area contributed by atoms with Gasteiger partial charge in [0.15, 0.2) is 37.3 Å². The van der Waals surface area contributed by atoms with Crippen LogP contribution < -0.4 is 60.2 Å². The molecule has 0 saturated carbocycles. The van der Waals surface area contributed by atoms with Gasteiger partial charge in [-0.25, -0.2) is 0 Å². The molecule has 72 heavy (non-hydrogen) atoms. The van der Waals surface area contributed by atoms with Gasteiger partial charge in [0.1, 0.15) is 11.5 Å². The molecule has 0 amide bonds. The fourth-order valence-electron chi connectivity index (χ4n) is 9.83. The number of aryl methyl sites for hydroxylation is 8. The fraction of sp³-hybridized carbons (Fsp3) is 0.172. The molecular weight excluding hydrogens is 963 g/mol. The molecule has 2 aliphatic heterocycles. The molecule has 0 radical (unpaired) electrons. The smallest absolute Gasteiger partial charge is 0.453 e. The number of para-hydroxylation sites is 2. The molecule has 0 spiro atoms. The van der Waals surface area contributed by atoms with E-state index in [1.165, 1.54) is 12.1 Å². The molecule has 0 atom stereocenters. The normalized spacial score (nSPS) is 14.3. The number of ether oxygens (including phenoxy) is 6. The van der Waals surface area contributed by atoms with Gasteiger partial charge in [0, 0.05) is 37.6 Å². The molecule has 0 aromatic heterocycles. The summed E-state index contributed by atoms with van der Waals surface area (Å²) in [5.74, 6) is -3.09. The van der Waals surface area contributed by atoms with E-state index in [0.717, 1.165) is 44.5 Å². The second kappa shape index (κ2) is 17.8. The van der Waals surface area contributed by atoms with Gasteiger partial charge in [-0.05, 0) is 140 Å². The lowest BCUT2D eigenvalue weighted by molar-refractivity contribution is -0.288. The lowest BCUT2D eigenvalue weighted by Crippen LogP contribution is -2.29. The lowest BCUT2D eigenvalue weighted by atomic mass is 10.0. The number of rotatable bonds is 11. The van der Waals surface area contributed by atoms with Crippen molar-refractivity contribution >= 4 is 46.1 Å². The molecule has 0 unspecified atom stereocenters. The minimum atomic E-state index is -4.46. The third-order valence-corrected chi connectivity index (χ3v) is 18.4. The molecule has 0 aliphatic carbocycles. The molecular formula is C58H48F4O8P2. The van der Waals surface area contributed by atoms with Gasteiger partial charge in [-0.3, -0.25) is 0 Å². The Hall–Kier alpha value is -7.26. The minimum Gasteiger partial charge on any atom is -0.453 e. The summed E-state index contributed by atoms with van der Waals surface area (Å²) in [7, 11) is -8.86. The van der Waals surface area contributed by atoms with E-state index in [4.69, 9.17) is 28.4 Å². The van der Waals surface area contributed by atoms with Crippen molar-refractivity contribution in [2.45, 2.75) is 68.0 Å². The van der Waals surface area contributed by atoms with Crippen LogP contribution in [0.15, 0.2) is 146 Å². The van der Waals surface area contributed by atoms with Crippen LogP contribution in [0, 0.1) is 55.4 Å². The number of halogens is 4.